The Hall–Kier alpha value is -2.08. The number of nitrogens with zero attached hydrogens (tertiary/aromatic N) is 4. The van der Waals surface area contributed by atoms with Gasteiger partial charge in [-0.25, -0.2) is 4.68 Å². The van der Waals surface area contributed by atoms with Gasteiger partial charge in [-0.1, -0.05) is 36.0 Å². The monoisotopic (exact) mass is 286 g/mol. The van der Waals surface area contributed by atoms with Crippen molar-refractivity contribution in [2.24, 2.45) is 0 Å². The molecule has 6 heteroatoms. The minimum Gasteiger partial charge on any atom is -0.467 e. The number of tetrazole rings is 1. The summed E-state index contributed by atoms with van der Waals surface area (Å²) in [4.78, 5) is 0. The first kappa shape index (κ1) is 12.9. The molecule has 0 bridgehead atoms. The molecule has 0 aliphatic rings. The second kappa shape index (κ2) is 5.92. The summed E-state index contributed by atoms with van der Waals surface area (Å²) in [5, 5.41) is 12.6. The molecule has 0 spiro atoms. The highest BCUT2D eigenvalue weighted by atomic mass is 32.2. The minimum absolute atomic E-state index is 0.552. The molecular weight excluding hydrogens is 272 g/mol. The Kier molecular flexibility index (Phi) is 3.83. The number of aromatic nitrogens is 4. The van der Waals surface area contributed by atoms with Gasteiger partial charge in [0.2, 0.25) is 5.16 Å². The fourth-order valence-corrected chi connectivity index (χ4v) is 2.82. The zero-order valence-corrected chi connectivity index (χ0v) is 11.9. The van der Waals surface area contributed by atoms with E-state index in [2.05, 4.69) is 40.6 Å². The lowest BCUT2D eigenvalue weighted by atomic mass is 10.1. The fourth-order valence-electron chi connectivity index (χ4n) is 1.86. The smallest absolute Gasteiger partial charge is 0.210 e. The van der Waals surface area contributed by atoms with Gasteiger partial charge in [0.25, 0.3) is 0 Å². The van der Waals surface area contributed by atoms with Crippen molar-refractivity contribution in [1.29, 1.82) is 0 Å². The van der Waals surface area contributed by atoms with E-state index in [1.165, 1.54) is 11.1 Å². The summed E-state index contributed by atoms with van der Waals surface area (Å²) in [5.74, 6) is 1.70. The quantitative estimate of drug-likeness (QED) is 0.675. The molecule has 0 radical (unpaired) electrons. The van der Waals surface area contributed by atoms with Crippen molar-refractivity contribution in [3.05, 3.63) is 59.5 Å². The Labute approximate surface area is 121 Å². The summed E-state index contributed by atoms with van der Waals surface area (Å²) in [6, 6.07) is 12.1. The minimum atomic E-state index is 0.552. The van der Waals surface area contributed by atoms with Crippen LogP contribution in [0.5, 0.6) is 0 Å². The predicted octanol–water partition coefficient (Wildman–Crippen LogP) is 2.92. The highest BCUT2D eigenvalue weighted by molar-refractivity contribution is 7.98. The average molecular weight is 286 g/mol. The Balaban J connectivity index is 1.69. The van der Waals surface area contributed by atoms with Crippen LogP contribution in [0.3, 0.4) is 0 Å². The number of thioether (sulfide) groups is 1. The van der Waals surface area contributed by atoms with Crippen LogP contribution in [0.1, 0.15) is 16.9 Å². The number of rotatable bonds is 5. The van der Waals surface area contributed by atoms with Crippen LogP contribution in [0.15, 0.2) is 52.2 Å². The van der Waals surface area contributed by atoms with E-state index in [9.17, 15) is 0 Å². The SMILES string of the molecule is Cc1ccccc1CSc1nnnn1Cc1ccco1. The van der Waals surface area contributed by atoms with Gasteiger partial charge in [-0.2, -0.15) is 0 Å². The molecule has 0 atom stereocenters. The van der Waals surface area contributed by atoms with Gasteiger partial charge in [-0.3, -0.25) is 0 Å². The van der Waals surface area contributed by atoms with Crippen molar-refractivity contribution in [3.63, 3.8) is 0 Å². The maximum atomic E-state index is 5.32. The van der Waals surface area contributed by atoms with E-state index in [4.69, 9.17) is 4.42 Å². The molecule has 3 rings (SSSR count). The van der Waals surface area contributed by atoms with E-state index >= 15 is 0 Å². The van der Waals surface area contributed by atoms with E-state index in [0.717, 1.165) is 16.7 Å². The Morgan fingerprint density at radius 3 is 2.90 bits per heavy atom. The lowest BCUT2D eigenvalue weighted by molar-refractivity contribution is 0.462. The standard InChI is InChI=1S/C14H14N4OS/c1-11-5-2-3-6-12(11)10-20-14-15-16-17-18(14)9-13-7-4-8-19-13/h2-8H,9-10H2,1H3. The molecular formula is C14H14N4OS. The maximum Gasteiger partial charge on any atom is 0.210 e. The molecule has 0 unspecified atom stereocenters. The molecule has 0 aliphatic carbocycles. The van der Waals surface area contributed by atoms with Crippen molar-refractivity contribution < 1.29 is 4.42 Å². The van der Waals surface area contributed by atoms with Crippen LogP contribution < -0.4 is 0 Å². The fraction of sp³-hybridized carbons (Fsp3) is 0.214. The zero-order valence-electron chi connectivity index (χ0n) is 11.1. The Morgan fingerprint density at radius 2 is 2.10 bits per heavy atom. The summed E-state index contributed by atoms with van der Waals surface area (Å²) >= 11 is 1.63. The lowest BCUT2D eigenvalue weighted by Crippen LogP contribution is -2.03. The highest BCUT2D eigenvalue weighted by Gasteiger charge is 2.09. The number of hydrogen-bond acceptors (Lipinski definition) is 5. The van der Waals surface area contributed by atoms with Crippen molar-refractivity contribution in [3.8, 4) is 0 Å². The molecule has 2 aromatic heterocycles. The third kappa shape index (κ3) is 2.91. The molecule has 3 aromatic rings. The van der Waals surface area contributed by atoms with Gasteiger partial charge in [-0.05, 0) is 40.6 Å². The molecule has 102 valence electrons. The zero-order chi connectivity index (χ0) is 13.8. The van der Waals surface area contributed by atoms with Gasteiger partial charge in [0.15, 0.2) is 0 Å². The van der Waals surface area contributed by atoms with E-state index in [1.807, 2.05) is 18.2 Å². The number of benzene rings is 1. The summed E-state index contributed by atoms with van der Waals surface area (Å²) in [6.07, 6.45) is 1.65. The van der Waals surface area contributed by atoms with E-state index in [1.54, 1.807) is 22.7 Å². The number of hydrogen-bond donors (Lipinski definition) is 0. The number of furan rings is 1. The van der Waals surface area contributed by atoms with Crippen LogP contribution in [-0.2, 0) is 12.3 Å². The van der Waals surface area contributed by atoms with Gasteiger partial charge < -0.3 is 4.42 Å². The molecule has 0 amide bonds. The van der Waals surface area contributed by atoms with Gasteiger partial charge >= 0.3 is 0 Å². The third-order valence-electron chi connectivity index (χ3n) is 3.00. The first-order valence-electron chi connectivity index (χ1n) is 6.29. The molecule has 0 aliphatic heterocycles. The van der Waals surface area contributed by atoms with E-state index in [-0.39, 0.29) is 0 Å². The summed E-state index contributed by atoms with van der Waals surface area (Å²) in [7, 11) is 0. The van der Waals surface area contributed by atoms with Crippen LogP contribution in [-0.4, -0.2) is 20.2 Å². The molecule has 0 saturated heterocycles. The van der Waals surface area contributed by atoms with Crippen molar-refractivity contribution in [1.82, 2.24) is 20.2 Å². The molecule has 0 fully saturated rings. The second-order valence-electron chi connectivity index (χ2n) is 4.41. The van der Waals surface area contributed by atoms with Crippen molar-refractivity contribution in [2.75, 3.05) is 0 Å². The molecule has 20 heavy (non-hydrogen) atoms. The summed E-state index contributed by atoms with van der Waals surface area (Å²) in [6.45, 7) is 2.66. The van der Waals surface area contributed by atoms with Crippen molar-refractivity contribution in [2.45, 2.75) is 24.4 Å². The molecule has 0 saturated carbocycles. The van der Waals surface area contributed by atoms with Gasteiger partial charge in [0.05, 0.1) is 6.26 Å². The largest absolute Gasteiger partial charge is 0.467 e. The third-order valence-corrected chi connectivity index (χ3v) is 4.01. The molecule has 5 nitrogen and oxygen atoms in total. The summed E-state index contributed by atoms with van der Waals surface area (Å²) < 4.78 is 7.07. The number of aryl methyl sites for hydroxylation is 1. The normalized spacial score (nSPS) is 10.8. The Bertz CT molecular complexity index is 678. The van der Waals surface area contributed by atoms with Crippen LogP contribution in [0, 0.1) is 6.92 Å². The van der Waals surface area contributed by atoms with E-state index in [0.29, 0.717) is 6.54 Å². The topological polar surface area (TPSA) is 56.7 Å². The van der Waals surface area contributed by atoms with Crippen LogP contribution >= 0.6 is 11.8 Å². The first-order valence-corrected chi connectivity index (χ1v) is 7.27. The van der Waals surface area contributed by atoms with Crippen LogP contribution in [0.2, 0.25) is 0 Å². The maximum absolute atomic E-state index is 5.32. The second-order valence-corrected chi connectivity index (χ2v) is 5.36. The van der Waals surface area contributed by atoms with Gasteiger partial charge in [0, 0.05) is 5.75 Å². The molecule has 0 N–H and O–H groups in total. The molecule has 1 aromatic carbocycles. The van der Waals surface area contributed by atoms with Crippen molar-refractivity contribution >= 4 is 11.8 Å². The first-order chi connectivity index (χ1) is 9.83. The van der Waals surface area contributed by atoms with Gasteiger partial charge in [-0.15, -0.1) is 5.10 Å². The van der Waals surface area contributed by atoms with Crippen LogP contribution in [0.4, 0.5) is 0 Å². The van der Waals surface area contributed by atoms with Gasteiger partial charge in [0.1, 0.15) is 12.3 Å². The lowest BCUT2D eigenvalue weighted by Gasteiger charge is -2.05. The summed E-state index contributed by atoms with van der Waals surface area (Å²) in [5.41, 5.74) is 2.58. The average Bonchev–Trinajstić information content (AvgIpc) is 3.10. The Morgan fingerprint density at radius 1 is 1.20 bits per heavy atom. The van der Waals surface area contributed by atoms with E-state index < -0.39 is 0 Å². The highest BCUT2D eigenvalue weighted by Crippen LogP contribution is 2.22. The van der Waals surface area contributed by atoms with Crippen LogP contribution in [0.25, 0.3) is 0 Å². The molecule has 2 heterocycles. The predicted molar refractivity (Wildman–Crippen MR) is 76.4 cm³/mol.